The average molecular weight is 477 g/mol. The molecule has 1 aliphatic rings. The fourth-order valence-corrected chi connectivity index (χ4v) is 5.73. The third-order valence-electron chi connectivity index (χ3n) is 6.24. The number of carbonyl (C=O) groups excluding carboxylic acids is 1. The van der Waals surface area contributed by atoms with Crippen molar-refractivity contribution in [1.82, 2.24) is 9.88 Å². The fourth-order valence-electron chi connectivity index (χ4n) is 4.41. The summed E-state index contributed by atoms with van der Waals surface area (Å²) in [6.45, 7) is 2.26. The molecule has 33 heavy (non-hydrogen) atoms. The molecule has 0 atom stereocenters. The van der Waals surface area contributed by atoms with E-state index in [0.717, 1.165) is 29.9 Å². The van der Waals surface area contributed by atoms with Crippen LogP contribution < -0.4 is 10.6 Å². The molecular weight excluding hydrogens is 452 g/mol. The molecule has 0 aliphatic carbocycles. The number of aromatic nitrogens is 1. The van der Waals surface area contributed by atoms with E-state index in [1.807, 2.05) is 30.3 Å². The van der Waals surface area contributed by atoms with E-state index in [2.05, 4.69) is 45.1 Å². The number of fused-ring (bicyclic) bond motifs is 1. The van der Waals surface area contributed by atoms with Gasteiger partial charge in [0.25, 0.3) is 0 Å². The Kier molecular flexibility index (Phi) is 6.31. The molecular formula is C26H25ClN4OS. The van der Waals surface area contributed by atoms with E-state index in [9.17, 15) is 4.79 Å². The Morgan fingerprint density at radius 3 is 2.45 bits per heavy atom. The van der Waals surface area contributed by atoms with Gasteiger partial charge in [-0.2, -0.15) is 0 Å². The third-order valence-corrected chi connectivity index (χ3v) is 7.53. The number of halogens is 1. The number of nitrogens with one attached hydrogen (secondary N) is 2. The van der Waals surface area contributed by atoms with E-state index in [1.165, 1.54) is 28.5 Å². The molecule has 2 aromatic carbocycles. The number of carbonyl (C=O) groups is 1. The maximum atomic E-state index is 12.7. The van der Waals surface area contributed by atoms with Crippen molar-refractivity contribution in [2.75, 3.05) is 30.8 Å². The third kappa shape index (κ3) is 4.88. The second kappa shape index (κ2) is 9.51. The van der Waals surface area contributed by atoms with Gasteiger partial charge in [-0.05, 0) is 103 Å². The lowest BCUT2D eigenvalue weighted by atomic mass is 9.89. The number of nitrogens with zero attached hydrogens (tertiary/aromatic N) is 2. The second-order valence-electron chi connectivity index (χ2n) is 8.49. The standard InChI is InChI=1S/C26H25ClN4OS/c1-31-12-8-18(9-13-31)23-16-33-25-5-3-19(14-22(23)25)29-26(32)30-20-2-4-21(24(27)15-20)17-6-10-28-11-7-17/h2-7,10-11,14-16,18H,8-9,12-13H2,1H3,(H2,29,30,32). The fraction of sp³-hybridized carbons (Fsp3) is 0.231. The van der Waals surface area contributed by atoms with Gasteiger partial charge in [0.15, 0.2) is 0 Å². The molecule has 0 bridgehead atoms. The highest BCUT2D eigenvalue weighted by atomic mass is 35.5. The Morgan fingerprint density at radius 2 is 1.73 bits per heavy atom. The monoisotopic (exact) mass is 476 g/mol. The minimum atomic E-state index is -0.293. The first-order chi connectivity index (χ1) is 16.1. The van der Waals surface area contributed by atoms with Crippen LogP contribution in [0.4, 0.5) is 16.2 Å². The van der Waals surface area contributed by atoms with Gasteiger partial charge in [-0.15, -0.1) is 11.3 Å². The second-order valence-corrected chi connectivity index (χ2v) is 9.81. The number of hydrogen-bond donors (Lipinski definition) is 2. The minimum Gasteiger partial charge on any atom is -0.308 e. The number of likely N-dealkylation sites (tertiary alicyclic amines) is 1. The maximum absolute atomic E-state index is 12.7. The molecule has 1 aliphatic heterocycles. The topological polar surface area (TPSA) is 57.3 Å². The number of amides is 2. The number of thiophene rings is 1. The van der Waals surface area contributed by atoms with Crippen molar-refractivity contribution in [2.24, 2.45) is 0 Å². The molecule has 5 nitrogen and oxygen atoms in total. The van der Waals surface area contributed by atoms with Crippen molar-refractivity contribution in [1.29, 1.82) is 0 Å². The zero-order chi connectivity index (χ0) is 22.8. The van der Waals surface area contributed by atoms with Crippen molar-refractivity contribution in [2.45, 2.75) is 18.8 Å². The predicted octanol–water partition coefficient (Wildman–Crippen LogP) is 7.07. The summed E-state index contributed by atoms with van der Waals surface area (Å²) in [5.41, 5.74) is 4.71. The maximum Gasteiger partial charge on any atom is 0.323 e. The lowest BCUT2D eigenvalue weighted by Gasteiger charge is -2.28. The number of benzene rings is 2. The molecule has 1 fully saturated rings. The Labute approximate surface area is 202 Å². The van der Waals surface area contributed by atoms with Crippen LogP contribution in [0.2, 0.25) is 5.02 Å². The molecule has 0 unspecified atom stereocenters. The summed E-state index contributed by atoms with van der Waals surface area (Å²) in [6.07, 6.45) is 5.81. The number of piperidine rings is 1. The van der Waals surface area contributed by atoms with Gasteiger partial charge in [0.2, 0.25) is 0 Å². The highest BCUT2D eigenvalue weighted by Crippen LogP contribution is 2.38. The van der Waals surface area contributed by atoms with Crippen molar-refractivity contribution >= 4 is 50.4 Å². The van der Waals surface area contributed by atoms with Crippen LogP contribution in [0, 0.1) is 0 Å². The summed E-state index contributed by atoms with van der Waals surface area (Å²) in [6, 6.07) is 15.2. The zero-order valence-corrected chi connectivity index (χ0v) is 19.9. The van der Waals surface area contributed by atoms with Crippen molar-refractivity contribution in [3.8, 4) is 11.1 Å². The van der Waals surface area contributed by atoms with E-state index in [0.29, 0.717) is 16.6 Å². The zero-order valence-electron chi connectivity index (χ0n) is 18.3. The summed E-state index contributed by atoms with van der Waals surface area (Å²) in [5.74, 6) is 0.583. The quantitative estimate of drug-likeness (QED) is 0.331. The summed E-state index contributed by atoms with van der Waals surface area (Å²) in [7, 11) is 2.18. The van der Waals surface area contributed by atoms with Crippen molar-refractivity contribution in [3.63, 3.8) is 0 Å². The molecule has 7 heteroatoms. The molecule has 2 N–H and O–H groups in total. The van der Waals surface area contributed by atoms with E-state index in [4.69, 9.17) is 11.6 Å². The van der Waals surface area contributed by atoms with Crippen LogP contribution in [-0.4, -0.2) is 36.1 Å². The molecule has 3 heterocycles. The molecule has 0 saturated carbocycles. The number of hydrogen-bond acceptors (Lipinski definition) is 4. The molecule has 2 amide bonds. The van der Waals surface area contributed by atoms with Crippen LogP contribution in [0.3, 0.4) is 0 Å². The van der Waals surface area contributed by atoms with Gasteiger partial charge in [0, 0.05) is 34.0 Å². The first-order valence-corrected chi connectivity index (χ1v) is 12.3. The molecule has 4 aromatic rings. The molecule has 5 rings (SSSR count). The highest BCUT2D eigenvalue weighted by Gasteiger charge is 2.21. The first kappa shape index (κ1) is 21.9. The number of pyridine rings is 1. The van der Waals surface area contributed by atoms with Gasteiger partial charge in [-0.1, -0.05) is 17.7 Å². The Bertz CT molecular complexity index is 1280. The molecule has 2 aromatic heterocycles. The van der Waals surface area contributed by atoms with Crippen LogP contribution in [0.15, 0.2) is 66.3 Å². The van der Waals surface area contributed by atoms with E-state index >= 15 is 0 Å². The van der Waals surface area contributed by atoms with Gasteiger partial charge in [0.05, 0.1) is 5.02 Å². The largest absolute Gasteiger partial charge is 0.323 e. The van der Waals surface area contributed by atoms with Crippen LogP contribution in [0.5, 0.6) is 0 Å². The highest BCUT2D eigenvalue weighted by molar-refractivity contribution is 7.17. The normalized spacial score (nSPS) is 15.0. The summed E-state index contributed by atoms with van der Waals surface area (Å²) in [4.78, 5) is 19.1. The van der Waals surface area contributed by atoms with Gasteiger partial charge in [0.1, 0.15) is 0 Å². The minimum absolute atomic E-state index is 0.293. The molecule has 168 valence electrons. The molecule has 0 spiro atoms. The smallest absolute Gasteiger partial charge is 0.308 e. The number of urea groups is 1. The molecule has 0 radical (unpaired) electrons. The average Bonchev–Trinajstić information content (AvgIpc) is 3.23. The van der Waals surface area contributed by atoms with Gasteiger partial charge in [-0.25, -0.2) is 4.79 Å². The Balaban J connectivity index is 1.29. The Hall–Kier alpha value is -2.93. The lowest BCUT2D eigenvalue weighted by Crippen LogP contribution is -2.29. The van der Waals surface area contributed by atoms with Crippen LogP contribution >= 0.6 is 22.9 Å². The van der Waals surface area contributed by atoms with Crippen molar-refractivity contribution in [3.05, 3.63) is 76.9 Å². The lowest BCUT2D eigenvalue weighted by molar-refractivity contribution is 0.256. The van der Waals surface area contributed by atoms with Gasteiger partial charge < -0.3 is 15.5 Å². The summed E-state index contributed by atoms with van der Waals surface area (Å²) >= 11 is 8.25. The summed E-state index contributed by atoms with van der Waals surface area (Å²) < 4.78 is 1.26. The van der Waals surface area contributed by atoms with E-state index < -0.39 is 0 Å². The van der Waals surface area contributed by atoms with Crippen LogP contribution in [0.25, 0.3) is 21.2 Å². The summed E-state index contributed by atoms with van der Waals surface area (Å²) in [5, 5.41) is 9.96. The molecule has 1 saturated heterocycles. The number of anilines is 2. The van der Waals surface area contributed by atoms with Crippen molar-refractivity contribution < 1.29 is 4.79 Å². The van der Waals surface area contributed by atoms with Gasteiger partial charge >= 0.3 is 6.03 Å². The van der Waals surface area contributed by atoms with E-state index in [-0.39, 0.29) is 6.03 Å². The SMILES string of the molecule is CN1CCC(c2csc3ccc(NC(=O)Nc4ccc(-c5ccncc5)c(Cl)c4)cc23)CC1. The van der Waals surface area contributed by atoms with Gasteiger partial charge in [-0.3, -0.25) is 4.98 Å². The first-order valence-electron chi connectivity index (χ1n) is 11.0. The van der Waals surface area contributed by atoms with E-state index in [1.54, 1.807) is 29.8 Å². The number of rotatable bonds is 4. The van der Waals surface area contributed by atoms with Crippen LogP contribution in [0.1, 0.15) is 24.3 Å². The van der Waals surface area contributed by atoms with Crippen LogP contribution in [-0.2, 0) is 0 Å². The predicted molar refractivity (Wildman–Crippen MR) is 139 cm³/mol. The Morgan fingerprint density at radius 1 is 1.03 bits per heavy atom.